The average Bonchev–Trinajstić information content (AvgIpc) is 2.50. The number of alkyl halides is 1. The van der Waals surface area contributed by atoms with E-state index in [4.69, 9.17) is 10.3 Å². The largest absolute Gasteiger partial charge is 0.373 e. The maximum Gasteiger partial charge on any atom is 0.143 e. The Morgan fingerprint density at radius 1 is 1.69 bits per heavy atom. The highest BCUT2D eigenvalue weighted by atomic mass is 19.1. The summed E-state index contributed by atoms with van der Waals surface area (Å²) in [4.78, 5) is 2.66. The monoisotopic (exact) mass is 225 g/mol. The van der Waals surface area contributed by atoms with Gasteiger partial charge in [-0.3, -0.25) is 0 Å². The summed E-state index contributed by atoms with van der Waals surface area (Å²) in [6, 6.07) is -0.376. The fraction of sp³-hybridized carbons (Fsp3) is 0.800. The fourth-order valence-electron chi connectivity index (χ4n) is 2.24. The Hall–Kier alpha value is -0.995. The maximum atomic E-state index is 13.7. The number of azide groups is 1. The standard InChI is InChI=1S/C10H17BFN3O/c1-3-10(5-4-6-14-15-13)7(2)8(12)9(11)16-10/h4-5,7-9H,3,6,11H2,1-2H3/t7-,8?,9-,10+/m1/s1. The molecule has 1 aliphatic rings. The Morgan fingerprint density at radius 3 is 2.81 bits per heavy atom. The van der Waals surface area contributed by atoms with E-state index in [0.29, 0.717) is 6.42 Å². The van der Waals surface area contributed by atoms with Gasteiger partial charge in [0.2, 0.25) is 0 Å². The van der Waals surface area contributed by atoms with Gasteiger partial charge in [-0.25, -0.2) is 4.39 Å². The minimum Gasteiger partial charge on any atom is -0.373 e. The first-order valence-corrected chi connectivity index (χ1v) is 5.58. The molecule has 4 atom stereocenters. The highest BCUT2D eigenvalue weighted by molar-refractivity contribution is 6.11. The van der Waals surface area contributed by atoms with Crippen LogP contribution in [0.4, 0.5) is 4.39 Å². The smallest absolute Gasteiger partial charge is 0.143 e. The van der Waals surface area contributed by atoms with Gasteiger partial charge in [0, 0.05) is 17.4 Å². The van der Waals surface area contributed by atoms with Crippen molar-refractivity contribution in [3.05, 3.63) is 22.6 Å². The first kappa shape index (κ1) is 13.1. The minimum atomic E-state index is -0.941. The summed E-state index contributed by atoms with van der Waals surface area (Å²) < 4.78 is 19.4. The lowest BCUT2D eigenvalue weighted by molar-refractivity contribution is 0.00504. The van der Waals surface area contributed by atoms with Crippen LogP contribution in [0.2, 0.25) is 0 Å². The molecular formula is C10H17BFN3O. The fourth-order valence-corrected chi connectivity index (χ4v) is 2.24. The second kappa shape index (κ2) is 5.37. The van der Waals surface area contributed by atoms with E-state index >= 15 is 0 Å². The Bertz CT molecular complexity index is 319. The lowest BCUT2D eigenvalue weighted by Gasteiger charge is -2.28. The molecule has 0 saturated carbocycles. The summed E-state index contributed by atoms with van der Waals surface area (Å²) in [7, 11) is 1.75. The zero-order valence-corrected chi connectivity index (χ0v) is 9.93. The van der Waals surface area contributed by atoms with Crippen molar-refractivity contribution in [2.24, 2.45) is 11.0 Å². The van der Waals surface area contributed by atoms with Crippen LogP contribution in [-0.4, -0.2) is 32.2 Å². The van der Waals surface area contributed by atoms with E-state index in [1.807, 2.05) is 19.9 Å². The van der Waals surface area contributed by atoms with E-state index < -0.39 is 11.8 Å². The average molecular weight is 225 g/mol. The molecular weight excluding hydrogens is 208 g/mol. The van der Waals surface area contributed by atoms with Gasteiger partial charge in [-0.1, -0.05) is 31.1 Å². The normalized spacial score (nSPS) is 38.8. The third kappa shape index (κ3) is 2.39. The van der Waals surface area contributed by atoms with Crippen molar-refractivity contribution in [3.8, 4) is 0 Å². The highest BCUT2D eigenvalue weighted by Gasteiger charge is 2.48. The maximum absolute atomic E-state index is 13.7. The van der Waals surface area contributed by atoms with Crippen LogP contribution in [0, 0.1) is 5.92 Å². The van der Waals surface area contributed by atoms with Crippen molar-refractivity contribution < 1.29 is 9.13 Å². The Balaban J connectivity index is 2.78. The topological polar surface area (TPSA) is 58.0 Å². The summed E-state index contributed by atoms with van der Waals surface area (Å²) in [6.45, 7) is 4.11. The molecule has 1 fully saturated rings. The van der Waals surface area contributed by atoms with Gasteiger partial charge >= 0.3 is 0 Å². The van der Waals surface area contributed by atoms with E-state index in [1.165, 1.54) is 0 Å². The van der Waals surface area contributed by atoms with Crippen molar-refractivity contribution >= 4 is 7.85 Å². The molecule has 6 heteroatoms. The third-order valence-corrected chi connectivity index (χ3v) is 3.31. The number of nitrogens with zero attached hydrogens (tertiary/aromatic N) is 3. The van der Waals surface area contributed by atoms with Crippen molar-refractivity contribution in [1.29, 1.82) is 0 Å². The van der Waals surface area contributed by atoms with E-state index in [9.17, 15) is 4.39 Å². The predicted molar refractivity (Wildman–Crippen MR) is 63.7 cm³/mol. The molecule has 0 spiro atoms. The molecule has 1 aliphatic heterocycles. The van der Waals surface area contributed by atoms with Crippen LogP contribution < -0.4 is 0 Å². The summed E-state index contributed by atoms with van der Waals surface area (Å²) in [5.41, 5.74) is 7.60. The first-order chi connectivity index (χ1) is 7.57. The molecule has 1 unspecified atom stereocenters. The van der Waals surface area contributed by atoms with Crippen LogP contribution >= 0.6 is 0 Å². The molecule has 1 rings (SSSR count). The lowest BCUT2D eigenvalue weighted by atomic mass is 9.82. The lowest BCUT2D eigenvalue weighted by Crippen LogP contribution is -2.32. The van der Waals surface area contributed by atoms with E-state index in [2.05, 4.69) is 10.0 Å². The van der Waals surface area contributed by atoms with Crippen molar-refractivity contribution in [1.82, 2.24) is 0 Å². The highest BCUT2D eigenvalue weighted by Crippen LogP contribution is 2.40. The number of halogens is 1. The molecule has 0 bridgehead atoms. The molecule has 16 heavy (non-hydrogen) atoms. The predicted octanol–water partition coefficient (Wildman–Crippen LogP) is 1.97. The van der Waals surface area contributed by atoms with Crippen LogP contribution in [-0.2, 0) is 4.74 Å². The molecule has 0 aromatic carbocycles. The van der Waals surface area contributed by atoms with Crippen LogP contribution in [0.3, 0.4) is 0 Å². The minimum absolute atomic E-state index is 0.171. The van der Waals surface area contributed by atoms with Gasteiger partial charge in [0.1, 0.15) is 14.0 Å². The van der Waals surface area contributed by atoms with Crippen LogP contribution in [0.25, 0.3) is 10.4 Å². The molecule has 4 nitrogen and oxygen atoms in total. The summed E-state index contributed by atoms with van der Waals surface area (Å²) in [5, 5.41) is 3.41. The van der Waals surface area contributed by atoms with Gasteiger partial charge in [0.05, 0.1) is 11.6 Å². The quantitative estimate of drug-likeness (QED) is 0.237. The molecule has 1 saturated heterocycles. The van der Waals surface area contributed by atoms with Gasteiger partial charge in [0.25, 0.3) is 0 Å². The van der Waals surface area contributed by atoms with Gasteiger partial charge in [0.15, 0.2) is 0 Å². The van der Waals surface area contributed by atoms with Crippen molar-refractivity contribution in [2.75, 3.05) is 6.54 Å². The number of hydrogen-bond donors (Lipinski definition) is 0. The Labute approximate surface area is 95.9 Å². The van der Waals surface area contributed by atoms with Crippen molar-refractivity contribution in [3.63, 3.8) is 0 Å². The van der Waals surface area contributed by atoms with E-state index in [0.717, 1.165) is 0 Å². The molecule has 0 N–H and O–H groups in total. The zero-order valence-electron chi connectivity index (χ0n) is 9.93. The van der Waals surface area contributed by atoms with E-state index in [-0.39, 0.29) is 18.5 Å². The van der Waals surface area contributed by atoms with Gasteiger partial charge in [-0.15, -0.1) is 0 Å². The molecule has 0 amide bonds. The van der Waals surface area contributed by atoms with Gasteiger partial charge in [-0.2, -0.15) is 0 Å². The molecule has 88 valence electrons. The van der Waals surface area contributed by atoms with Gasteiger partial charge < -0.3 is 4.74 Å². The Kier molecular flexibility index (Phi) is 4.39. The van der Waals surface area contributed by atoms with Crippen LogP contribution in [0.15, 0.2) is 17.3 Å². The third-order valence-electron chi connectivity index (χ3n) is 3.31. The zero-order chi connectivity index (χ0) is 12.2. The summed E-state index contributed by atoms with van der Waals surface area (Å²) in [6.07, 6.45) is 3.35. The molecule has 0 radical (unpaired) electrons. The molecule has 0 aromatic rings. The van der Waals surface area contributed by atoms with E-state index in [1.54, 1.807) is 13.9 Å². The van der Waals surface area contributed by atoms with Gasteiger partial charge in [-0.05, 0) is 12.0 Å². The van der Waals surface area contributed by atoms with Crippen molar-refractivity contribution in [2.45, 2.75) is 38.0 Å². The Morgan fingerprint density at radius 2 is 2.38 bits per heavy atom. The molecule has 0 aliphatic carbocycles. The second-order valence-electron chi connectivity index (χ2n) is 4.18. The molecule has 1 heterocycles. The molecule has 0 aromatic heterocycles. The summed E-state index contributed by atoms with van der Waals surface area (Å²) >= 11 is 0. The number of hydrogen-bond acceptors (Lipinski definition) is 2. The van der Waals surface area contributed by atoms with Crippen LogP contribution in [0.1, 0.15) is 20.3 Å². The number of ether oxygens (including phenoxy) is 1. The summed E-state index contributed by atoms with van der Waals surface area (Å²) in [5.74, 6) is -0.171. The SMILES string of the molecule is B[C@@H]1O[C@](C=CCN=[N+]=[N-])(CC)[C@H](C)C1F. The first-order valence-electron chi connectivity index (χ1n) is 5.58. The van der Waals surface area contributed by atoms with Crippen LogP contribution in [0.5, 0.6) is 0 Å². The second-order valence-corrected chi connectivity index (χ2v) is 4.18. The number of rotatable bonds is 4.